The van der Waals surface area contributed by atoms with Crippen molar-refractivity contribution >= 4 is 35.1 Å². The highest BCUT2D eigenvalue weighted by atomic mass is 35.5. The Morgan fingerprint density at radius 1 is 0.848 bits per heavy atom. The van der Waals surface area contributed by atoms with E-state index in [1.165, 1.54) is 13.2 Å². The molecule has 3 aromatic rings. The van der Waals surface area contributed by atoms with Crippen LogP contribution in [0.2, 0.25) is 5.02 Å². The van der Waals surface area contributed by atoms with E-state index in [1.54, 1.807) is 42.5 Å². The summed E-state index contributed by atoms with van der Waals surface area (Å²) in [7, 11) is -2.92. The van der Waals surface area contributed by atoms with Crippen molar-refractivity contribution in [2.45, 2.75) is 40.0 Å². The Morgan fingerprint density at radius 2 is 1.39 bits per heavy atom. The Kier molecular flexibility index (Phi) is 7.02. The number of halogens is 1. The van der Waals surface area contributed by atoms with Crippen LogP contribution < -0.4 is 10.0 Å². The summed E-state index contributed by atoms with van der Waals surface area (Å²) in [4.78, 5) is 27.9. The zero-order valence-corrected chi connectivity index (χ0v) is 21.4. The average Bonchev–Trinajstić information content (AvgIpc) is 2.77. The summed E-state index contributed by atoms with van der Waals surface area (Å²) in [6.07, 6.45) is 0. The summed E-state index contributed by atoms with van der Waals surface area (Å²) < 4.78 is 19.9. The van der Waals surface area contributed by atoms with Gasteiger partial charge in [-0.2, -0.15) is 0 Å². The molecule has 0 heterocycles. The average molecular weight is 483 g/mol. The van der Waals surface area contributed by atoms with Crippen LogP contribution in [0.25, 0.3) is 0 Å². The van der Waals surface area contributed by atoms with Crippen molar-refractivity contribution in [3.63, 3.8) is 0 Å². The lowest BCUT2D eigenvalue weighted by atomic mass is 9.84. The monoisotopic (exact) mass is 482 g/mol. The molecule has 4 nitrogen and oxygen atoms in total. The van der Waals surface area contributed by atoms with Crippen LogP contribution in [0.3, 0.4) is 0 Å². The molecular weight excluding hydrogens is 455 g/mol. The number of carbonyl (C=O) groups excluding carboxylic acids is 2. The fraction of sp³-hybridized carbons (Fsp3) is 0.259. The van der Waals surface area contributed by atoms with Crippen LogP contribution in [0.4, 0.5) is 0 Å². The first-order valence-corrected chi connectivity index (χ1v) is 12.7. The Hall–Kier alpha value is -2.68. The van der Waals surface area contributed by atoms with E-state index < -0.39 is 18.2 Å². The minimum Gasteiger partial charge on any atom is -0.496 e. The minimum absolute atomic E-state index is 0.0520. The maximum absolute atomic E-state index is 14.6. The third-order valence-corrected chi connectivity index (χ3v) is 8.65. The molecule has 0 aliphatic carbocycles. The number of hydrogen-bond acceptors (Lipinski definition) is 4. The van der Waals surface area contributed by atoms with Crippen molar-refractivity contribution in [2.75, 3.05) is 7.11 Å². The highest BCUT2D eigenvalue weighted by Crippen LogP contribution is 2.54. The van der Waals surface area contributed by atoms with Crippen molar-refractivity contribution in [3.8, 4) is 5.75 Å². The van der Waals surface area contributed by atoms with E-state index >= 15 is 0 Å². The maximum atomic E-state index is 14.6. The van der Waals surface area contributed by atoms with Gasteiger partial charge in [0, 0.05) is 10.9 Å². The van der Waals surface area contributed by atoms with Gasteiger partial charge in [0.25, 0.3) is 0 Å². The Morgan fingerprint density at radius 3 is 1.91 bits per heavy atom. The van der Waals surface area contributed by atoms with Crippen LogP contribution in [-0.4, -0.2) is 18.2 Å². The van der Waals surface area contributed by atoms with E-state index in [2.05, 4.69) is 20.8 Å². The molecule has 1 unspecified atom stereocenters. The number of aryl methyl sites for hydroxylation is 2. The predicted molar refractivity (Wildman–Crippen MR) is 135 cm³/mol. The van der Waals surface area contributed by atoms with Crippen LogP contribution in [-0.2, 0) is 9.98 Å². The SMILES string of the molecule is COc1cccc(Cl)c1C(=O)P(=O)(C(=O)c1c(C)cc(C(C)(C)C)cc1C)c1ccccc1. The molecule has 3 aromatic carbocycles. The van der Waals surface area contributed by atoms with Gasteiger partial charge in [-0.05, 0) is 48.1 Å². The summed E-state index contributed by atoms with van der Waals surface area (Å²) in [6.45, 7) is 9.89. The number of benzene rings is 3. The van der Waals surface area contributed by atoms with Crippen LogP contribution in [0.5, 0.6) is 5.75 Å². The lowest BCUT2D eigenvalue weighted by Gasteiger charge is -2.24. The second-order valence-electron chi connectivity index (χ2n) is 9.11. The third-order valence-electron chi connectivity index (χ3n) is 5.71. The highest BCUT2D eigenvalue weighted by Gasteiger charge is 2.45. The smallest absolute Gasteiger partial charge is 0.248 e. The lowest BCUT2D eigenvalue weighted by molar-refractivity contribution is 0.103. The summed E-state index contributed by atoms with van der Waals surface area (Å²) in [5.74, 6) is 0.174. The van der Waals surface area contributed by atoms with Gasteiger partial charge in [-0.1, -0.05) is 80.9 Å². The molecule has 0 aliphatic rings. The Balaban J connectivity index is 2.30. The van der Waals surface area contributed by atoms with Gasteiger partial charge in [0.1, 0.15) is 5.75 Å². The highest BCUT2D eigenvalue weighted by molar-refractivity contribution is 8.01. The van der Waals surface area contributed by atoms with Crippen molar-refractivity contribution < 1.29 is 18.9 Å². The first kappa shape index (κ1) is 25.0. The number of rotatable bonds is 6. The quantitative estimate of drug-likeness (QED) is 0.357. The molecular formula is C27H28ClO4P. The molecule has 0 radical (unpaired) electrons. The largest absolute Gasteiger partial charge is 0.496 e. The Bertz CT molecular complexity index is 1250. The van der Waals surface area contributed by atoms with E-state index in [4.69, 9.17) is 16.3 Å². The van der Waals surface area contributed by atoms with E-state index in [-0.39, 0.29) is 27.1 Å². The molecule has 1 atom stereocenters. The maximum Gasteiger partial charge on any atom is 0.248 e. The molecule has 0 aromatic heterocycles. The zero-order chi connectivity index (χ0) is 24.6. The van der Waals surface area contributed by atoms with Crippen LogP contribution in [0.15, 0.2) is 60.7 Å². The van der Waals surface area contributed by atoms with Crippen LogP contribution in [0, 0.1) is 13.8 Å². The molecule has 0 spiro atoms. The van der Waals surface area contributed by atoms with Gasteiger partial charge in [-0.15, -0.1) is 0 Å². The Labute approximate surface area is 200 Å². The number of hydrogen-bond donors (Lipinski definition) is 0. The lowest BCUT2D eigenvalue weighted by Crippen LogP contribution is -2.23. The fourth-order valence-electron chi connectivity index (χ4n) is 3.90. The molecule has 0 aliphatic heterocycles. The third kappa shape index (κ3) is 4.55. The summed E-state index contributed by atoms with van der Waals surface area (Å²) in [6, 6.07) is 16.7. The van der Waals surface area contributed by atoms with Gasteiger partial charge in [-0.25, -0.2) is 0 Å². The van der Waals surface area contributed by atoms with Crippen molar-refractivity contribution in [2.24, 2.45) is 0 Å². The fourth-order valence-corrected chi connectivity index (χ4v) is 6.67. The van der Waals surface area contributed by atoms with Gasteiger partial charge >= 0.3 is 0 Å². The number of ether oxygens (including phenoxy) is 1. The molecule has 0 amide bonds. The summed E-state index contributed by atoms with van der Waals surface area (Å²) in [5, 5.41) is 0.250. The normalized spacial score (nSPS) is 13.3. The van der Waals surface area contributed by atoms with Gasteiger partial charge in [0.15, 0.2) is 0 Å². The first-order valence-electron chi connectivity index (χ1n) is 10.6. The second kappa shape index (κ2) is 9.29. The topological polar surface area (TPSA) is 60.4 Å². The first-order chi connectivity index (χ1) is 15.4. The molecule has 172 valence electrons. The van der Waals surface area contributed by atoms with Crippen LogP contribution in [0.1, 0.15) is 58.2 Å². The molecule has 3 rings (SSSR count). The molecule has 0 saturated carbocycles. The molecule has 0 N–H and O–H groups in total. The summed E-state index contributed by atoms with van der Waals surface area (Å²) in [5.41, 5.74) is 1.01. The van der Waals surface area contributed by atoms with E-state index in [0.717, 1.165) is 5.56 Å². The molecule has 0 fully saturated rings. The summed E-state index contributed by atoms with van der Waals surface area (Å²) >= 11 is 6.35. The number of carbonyl (C=O) groups is 2. The predicted octanol–water partition coefficient (Wildman–Crippen LogP) is 6.93. The number of methoxy groups -OCH3 is 1. The van der Waals surface area contributed by atoms with Crippen LogP contribution >= 0.6 is 18.7 Å². The second-order valence-corrected chi connectivity index (χ2v) is 12.1. The molecule has 0 bridgehead atoms. The van der Waals surface area contributed by atoms with Gasteiger partial charge < -0.3 is 9.30 Å². The van der Waals surface area contributed by atoms with E-state index in [0.29, 0.717) is 16.7 Å². The van der Waals surface area contributed by atoms with Gasteiger partial charge in [-0.3, -0.25) is 9.59 Å². The standard InChI is InChI=1S/C27H28ClO4P/c1-17-15-19(27(3,4)5)16-18(2)23(17)25(29)33(31,20-11-8-7-9-12-20)26(30)24-21(28)13-10-14-22(24)32-6/h7-16H,1-6H3. The van der Waals surface area contributed by atoms with Gasteiger partial charge in [0.2, 0.25) is 18.2 Å². The zero-order valence-electron chi connectivity index (χ0n) is 19.7. The van der Waals surface area contributed by atoms with E-state index in [1.807, 2.05) is 26.0 Å². The molecule has 0 saturated heterocycles. The van der Waals surface area contributed by atoms with Crippen molar-refractivity contribution in [1.29, 1.82) is 0 Å². The van der Waals surface area contributed by atoms with E-state index in [9.17, 15) is 14.2 Å². The minimum atomic E-state index is -4.32. The van der Waals surface area contributed by atoms with Gasteiger partial charge in [0.05, 0.1) is 17.7 Å². The molecule has 6 heteroatoms. The molecule has 33 heavy (non-hydrogen) atoms. The van der Waals surface area contributed by atoms with Crippen molar-refractivity contribution in [1.82, 2.24) is 0 Å². The van der Waals surface area contributed by atoms with Crippen molar-refractivity contribution in [3.05, 3.63) is 93.5 Å².